The second-order valence-electron chi connectivity index (χ2n) is 4.90. The second-order valence-corrected chi connectivity index (χ2v) is 6.67. The normalized spacial score (nSPS) is 16.9. The van der Waals surface area contributed by atoms with Crippen molar-refractivity contribution in [1.29, 1.82) is 0 Å². The third-order valence-corrected chi connectivity index (χ3v) is 4.87. The largest absolute Gasteiger partial charge is 0.298 e. The van der Waals surface area contributed by atoms with Crippen LogP contribution in [0.25, 0.3) is 6.08 Å². The van der Waals surface area contributed by atoms with E-state index in [0.717, 1.165) is 10.4 Å². The zero-order valence-corrected chi connectivity index (χ0v) is 14.4. The summed E-state index contributed by atoms with van der Waals surface area (Å²) in [5.41, 5.74) is 1.62. The van der Waals surface area contributed by atoms with Crippen LogP contribution in [0.15, 0.2) is 41.3 Å². The van der Waals surface area contributed by atoms with Crippen LogP contribution < -0.4 is 10.2 Å². The Morgan fingerprint density at radius 2 is 1.91 bits per heavy atom. The number of amides is 2. The van der Waals surface area contributed by atoms with E-state index in [-0.39, 0.29) is 10.7 Å². The number of benzene rings is 1. The number of aryl methyl sites for hydroxylation is 1. The van der Waals surface area contributed by atoms with Gasteiger partial charge in [-0.15, -0.1) is 11.3 Å². The molecule has 0 atom stereocenters. The monoisotopic (exact) mass is 362 g/mol. The van der Waals surface area contributed by atoms with Gasteiger partial charge in [0.1, 0.15) is 5.57 Å². The van der Waals surface area contributed by atoms with E-state index in [9.17, 15) is 9.59 Å². The Morgan fingerprint density at radius 1 is 1.22 bits per heavy atom. The Hall–Kier alpha value is -2.02. The second kappa shape index (κ2) is 6.23. The summed E-state index contributed by atoms with van der Waals surface area (Å²) >= 11 is 12.5. The van der Waals surface area contributed by atoms with Gasteiger partial charge in [-0.1, -0.05) is 11.6 Å². The van der Waals surface area contributed by atoms with Crippen molar-refractivity contribution >= 4 is 63.8 Å². The first-order valence-electron chi connectivity index (χ1n) is 6.68. The quantitative estimate of drug-likeness (QED) is 0.505. The molecule has 1 fully saturated rings. The first kappa shape index (κ1) is 15.9. The van der Waals surface area contributed by atoms with E-state index in [1.807, 2.05) is 18.4 Å². The summed E-state index contributed by atoms with van der Waals surface area (Å²) in [6, 6.07) is 8.62. The van der Waals surface area contributed by atoms with Crippen LogP contribution in [0.4, 0.5) is 5.69 Å². The van der Waals surface area contributed by atoms with Gasteiger partial charge in [0, 0.05) is 9.90 Å². The summed E-state index contributed by atoms with van der Waals surface area (Å²) in [5.74, 6) is -0.938. The van der Waals surface area contributed by atoms with Gasteiger partial charge in [-0.25, -0.2) is 0 Å². The molecule has 2 amide bonds. The zero-order chi connectivity index (χ0) is 16.6. The van der Waals surface area contributed by atoms with E-state index in [0.29, 0.717) is 10.7 Å². The van der Waals surface area contributed by atoms with Crippen molar-refractivity contribution in [2.45, 2.75) is 6.92 Å². The molecule has 0 bridgehead atoms. The minimum absolute atomic E-state index is 0.0547. The van der Waals surface area contributed by atoms with Crippen molar-refractivity contribution in [2.75, 3.05) is 4.90 Å². The number of nitrogens with one attached hydrogen (secondary N) is 1. The van der Waals surface area contributed by atoms with Crippen molar-refractivity contribution in [2.24, 2.45) is 0 Å². The Kier molecular flexibility index (Phi) is 4.30. The van der Waals surface area contributed by atoms with E-state index in [2.05, 4.69) is 5.32 Å². The number of anilines is 1. The number of hydrogen-bond donors (Lipinski definition) is 1. The van der Waals surface area contributed by atoms with Gasteiger partial charge in [0.05, 0.1) is 5.69 Å². The summed E-state index contributed by atoms with van der Waals surface area (Å²) in [7, 11) is 0. The molecule has 116 valence electrons. The van der Waals surface area contributed by atoms with E-state index in [4.69, 9.17) is 23.8 Å². The Morgan fingerprint density at radius 3 is 2.52 bits per heavy atom. The average molecular weight is 363 g/mol. The van der Waals surface area contributed by atoms with Gasteiger partial charge in [-0.2, -0.15) is 0 Å². The predicted octanol–water partition coefficient (Wildman–Crippen LogP) is 3.54. The highest BCUT2D eigenvalue weighted by Crippen LogP contribution is 2.25. The number of carbonyl (C=O) groups is 2. The fraction of sp³-hybridized carbons (Fsp3) is 0.0625. The summed E-state index contributed by atoms with van der Waals surface area (Å²) in [5, 5.41) is 5.08. The molecule has 0 spiro atoms. The lowest BCUT2D eigenvalue weighted by molar-refractivity contribution is -0.122. The molecule has 1 aliphatic rings. The summed E-state index contributed by atoms with van der Waals surface area (Å²) < 4.78 is 0. The number of halogens is 1. The lowest BCUT2D eigenvalue weighted by atomic mass is 10.1. The maximum absolute atomic E-state index is 12.8. The fourth-order valence-electron chi connectivity index (χ4n) is 2.15. The van der Waals surface area contributed by atoms with Crippen molar-refractivity contribution in [3.8, 4) is 0 Å². The predicted molar refractivity (Wildman–Crippen MR) is 96.7 cm³/mol. The Labute approximate surface area is 147 Å². The van der Waals surface area contributed by atoms with Gasteiger partial charge in [-0.3, -0.25) is 19.8 Å². The molecule has 7 heteroatoms. The Bertz CT molecular complexity index is 840. The molecule has 1 aromatic carbocycles. The lowest BCUT2D eigenvalue weighted by Crippen LogP contribution is -2.54. The van der Waals surface area contributed by atoms with Gasteiger partial charge in [-0.05, 0) is 66.5 Å². The fourth-order valence-corrected chi connectivity index (χ4v) is 3.41. The third kappa shape index (κ3) is 3.06. The van der Waals surface area contributed by atoms with E-state index < -0.39 is 11.8 Å². The van der Waals surface area contributed by atoms with Crippen LogP contribution in [0.5, 0.6) is 0 Å². The Balaban J connectivity index is 2.02. The van der Waals surface area contributed by atoms with Crippen LogP contribution >= 0.6 is 35.2 Å². The van der Waals surface area contributed by atoms with Gasteiger partial charge in [0.15, 0.2) is 5.11 Å². The average Bonchev–Trinajstić information content (AvgIpc) is 2.90. The molecule has 2 aromatic rings. The molecule has 1 saturated heterocycles. The molecule has 0 unspecified atom stereocenters. The highest BCUT2D eigenvalue weighted by molar-refractivity contribution is 7.80. The summed E-state index contributed by atoms with van der Waals surface area (Å²) in [4.78, 5) is 27.1. The highest BCUT2D eigenvalue weighted by atomic mass is 35.5. The zero-order valence-electron chi connectivity index (χ0n) is 12.0. The minimum Gasteiger partial charge on any atom is -0.298 e. The lowest BCUT2D eigenvalue weighted by Gasteiger charge is -2.28. The van der Waals surface area contributed by atoms with Gasteiger partial charge >= 0.3 is 0 Å². The SMILES string of the molecule is Cc1ccsc1/C=C1\C(=O)NC(=S)N(c2ccc(Cl)cc2)C1=O. The van der Waals surface area contributed by atoms with Crippen molar-refractivity contribution < 1.29 is 9.59 Å². The number of hydrogen-bond acceptors (Lipinski definition) is 4. The maximum atomic E-state index is 12.8. The number of thiocarbonyl (C=S) groups is 1. The van der Waals surface area contributed by atoms with E-state index in [1.165, 1.54) is 16.2 Å². The maximum Gasteiger partial charge on any atom is 0.270 e. The van der Waals surface area contributed by atoms with Crippen LogP contribution in [0.3, 0.4) is 0 Å². The van der Waals surface area contributed by atoms with Crippen LogP contribution in [-0.2, 0) is 9.59 Å². The summed E-state index contributed by atoms with van der Waals surface area (Å²) in [6.45, 7) is 1.93. The number of carbonyl (C=O) groups excluding carboxylic acids is 2. The number of thiophene rings is 1. The standard InChI is InChI=1S/C16H11ClN2O2S2/c1-9-6-7-23-13(9)8-12-14(20)18-16(22)19(15(12)21)11-4-2-10(17)3-5-11/h2-8H,1H3,(H,18,20,22)/b12-8+. The van der Waals surface area contributed by atoms with Gasteiger partial charge in [0.2, 0.25) is 0 Å². The molecule has 1 aromatic heterocycles. The smallest absolute Gasteiger partial charge is 0.270 e. The molecule has 0 saturated carbocycles. The molecule has 0 radical (unpaired) electrons. The molecular weight excluding hydrogens is 352 g/mol. The van der Waals surface area contributed by atoms with E-state index >= 15 is 0 Å². The van der Waals surface area contributed by atoms with Crippen LogP contribution in [0.1, 0.15) is 10.4 Å². The third-order valence-electron chi connectivity index (χ3n) is 3.36. The number of rotatable bonds is 2. The first-order valence-corrected chi connectivity index (χ1v) is 8.35. The van der Waals surface area contributed by atoms with Gasteiger partial charge < -0.3 is 0 Å². The molecular formula is C16H11ClN2O2S2. The van der Waals surface area contributed by atoms with Crippen LogP contribution in [-0.4, -0.2) is 16.9 Å². The number of nitrogens with zero attached hydrogens (tertiary/aromatic N) is 1. The minimum atomic E-state index is -0.488. The molecule has 3 rings (SSSR count). The molecule has 23 heavy (non-hydrogen) atoms. The first-order chi connectivity index (χ1) is 11.0. The van der Waals surface area contributed by atoms with Crippen molar-refractivity contribution in [3.05, 3.63) is 56.7 Å². The molecule has 2 heterocycles. The highest BCUT2D eigenvalue weighted by Gasteiger charge is 2.34. The van der Waals surface area contributed by atoms with Crippen molar-refractivity contribution in [1.82, 2.24) is 5.32 Å². The van der Waals surface area contributed by atoms with Crippen molar-refractivity contribution in [3.63, 3.8) is 0 Å². The molecule has 4 nitrogen and oxygen atoms in total. The molecule has 1 aliphatic heterocycles. The summed E-state index contributed by atoms with van der Waals surface area (Å²) in [6.07, 6.45) is 1.60. The molecule has 0 aliphatic carbocycles. The van der Waals surface area contributed by atoms with Gasteiger partial charge in [0.25, 0.3) is 11.8 Å². The van der Waals surface area contributed by atoms with Crippen LogP contribution in [0, 0.1) is 6.92 Å². The topological polar surface area (TPSA) is 49.4 Å². The van der Waals surface area contributed by atoms with E-state index in [1.54, 1.807) is 30.3 Å². The molecule has 1 N–H and O–H groups in total. The van der Waals surface area contributed by atoms with Crippen LogP contribution in [0.2, 0.25) is 5.02 Å².